The second-order valence-electron chi connectivity index (χ2n) is 5.37. The van der Waals surface area contributed by atoms with E-state index in [0.29, 0.717) is 6.54 Å². The lowest BCUT2D eigenvalue weighted by Crippen LogP contribution is -2.46. The van der Waals surface area contributed by atoms with Crippen molar-refractivity contribution in [2.24, 2.45) is 0 Å². The number of carbonyl (C=O) groups is 1. The van der Waals surface area contributed by atoms with Crippen molar-refractivity contribution in [3.63, 3.8) is 0 Å². The Morgan fingerprint density at radius 3 is 2.53 bits per heavy atom. The molecule has 0 unspecified atom stereocenters. The highest BCUT2D eigenvalue weighted by atomic mass is 16.2. The van der Waals surface area contributed by atoms with Gasteiger partial charge >= 0.3 is 0 Å². The van der Waals surface area contributed by atoms with Gasteiger partial charge in [-0.2, -0.15) is 0 Å². The molecule has 19 heavy (non-hydrogen) atoms. The summed E-state index contributed by atoms with van der Waals surface area (Å²) in [7, 11) is 1.90. The minimum Gasteiger partial charge on any atom is -0.340 e. The van der Waals surface area contributed by atoms with Gasteiger partial charge in [-0.3, -0.25) is 4.79 Å². The van der Waals surface area contributed by atoms with Gasteiger partial charge in [-0.05, 0) is 36.9 Å². The molecule has 0 aliphatic carbocycles. The summed E-state index contributed by atoms with van der Waals surface area (Å²) in [6.07, 6.45) is 4.37. The van der Waals surface area contributed by atoms with Gasteiger partial charge in [0.1, 0.15) is 0 Å². The summed E-state index contributed by atoms with van der Waals surface area (Å²) in [5.41, 5.74) is 2.54. The van der Waals surface area contributed by atoms with Crippen molar-refractivity contribution in [3.8, 4) is 0 Å². The largest absolute Gasteiger partial charge is 0.340 e. The first kappa shape index (κ1) is 14.1. The van der Waals surface area contributed by atoms with E-state index in [2.05, 4.69) is 36.5 Å². The summed E-state index contributed by atoms with van der Waals surface area (Å²) >= 11 is 0. The van der Waals surface area contributed by atoms with Crippen LogP contribution in [-0.2, 0) is 17.8 Å². The molecule has 3 nitrogen and oxygen atoms in total. The lowest BCUT2D eigenvalue weighted by molar-refractivity contribution is -0.133. The van der Waals surface area contributed by atoms with Crippen LogP contribution >= 0.6 is 0 Å². The Morgan fingerprint density at radius 1 is 1.26 bits per heavy atom. The fraction of sp³-hybridized carbons (Fsp3) is 0.562. The molecule has 1 aromatic rings. The number of amides is 1. The van der Waals surface area contributed by atoms with Crippen LogP contribution in [0.2, 0.25) is 0 Å². The first-order valence-corrected chi connectivity index (χ1v) is 7.27. The summed E-state index contributed by atoms with van der Waals surface area (Å²) in [5.74, 6) is 0.222. The Balaban J connectivity index is 1.91. The number of benzene rings is 1. The second kappa shape index (κ2) is 6.71. The molecule has 1 saturated heterocycles. The quantitative estimate of drug-likeness (QED) is 0.901. The first-order valence-electron chi connectivity index (χ1n) is 7.27. The van der Waals surface area contributed by atoms with Crippen molar-refractivity contribution < 1.29 is 4.79 Å². The molecule has 1 amide bonds. The molecule has 0 spiro atoms. The summed E-state index contributed by atoms with van der Waals surface area (Å²) in [6, 6.07) is 8.56. The number of nitrogens with one attached hydrogen (secondary N) is 1. The van der Waals surface area contributed by atoms with Crippen LogP contribution in [0.5, 0.6) is 0 Å². The number of carbonyl (C=O) groups excluding carboxylic acids is 1. The molecular formula is C16H24N2O. The van der Waals surface area contributed by atoms with Crippen molar-refractivity contribution in [2.75, 3.05) is 13.6 Å². The van der Waals surface area contributed by atoms with E-state index in [0.717, 1.165) is 25.8 Å². The molecule has 1 heterocycles. The van der Waals surface area contributed by atoms with Crippen LogP contribution in [0.1, 0.15) is 37.3 Å². The topological polar surface area (TPSA) is 32.3 Å². The highest BCUT2D eigenvalue weighted by Gasteiger charge is 2.23. The van der Waals surface area contributed by atoms with Crippen LogP contribution < -0.4 is 5.32 Å². The van der Waals surface area contributed by atoms with Gasteiger partial charge in [0.05, 0.1) is 6.04 Å². The predicted molar refractivity (Wildman–Crippen MR) is 77.9 cm³/mol. The Bertz CT molecular complexity index is 407. The van der Waals surface area contributed by atoms with Crippen molar-refractivity contribution in [2.45, 2.75) is 45.2 Å². The Labute approximate surface area is 116 Å². The molecule has 0 radical (unpaired) electrons. The van der Waals surface area contributed by atoms with Crippen molar-refractivity contribution >= 4 is 5.91 Å². The highest BCUT2D eigenvalue weighted by Crippen LogP contribution is 2.12. The molecule has 2 rings (SSSR count). The van der Waals surface area contributed by atoms with Crippen molar-refractivity contribution in [1.82, 2.24) is 10.2 Å². The van der Waals surface area contributed by atoms with E-state index >= 15 is 0 Å². The van der Waals surface area contributed by atoms with Crippen molar-refractivity contribution in [1.29, 1.82) is 0 Å². The molecular weight excluding hydrogens is 236 g/mol. The van der Waals surface area contributed by atoms with Crippen LogP contribution in [0.3, 0.4) is 0 Å². The van der Waals surface area contributed by atoms with Gasteiger partial charge in [-0.25, -0.2) is 0 Å². The van der Waals surface area contributed by atoms with Crippen molar-refractivity contribution in [3.05, 3.63) is 35.4 Å². The predicted octanol–water partition coefficient (Wildman–Crippen LogP) is 2.35. The van der Waals surface area contributed by atoms with Gasteiger partial charge in [-0.15, -0.1) is 0 Å². The second-order valence-corrected chi connectivity index (χ2v) is 5.37. The zero-order valence-electron chi connectivity index (χ0n) is 12.0. The van der Waals surface area contributed by atoms with Crippen LogP contribution in [-0.4, -0.2) is 30.4 Å². The van der Waals surface area contributed by atoms with Gasteiger partial charge in [0.2, 0.25) is 5.91 Å². The standard InChI is InChI=1S/C16H24N2O/c1-3-13-7-9-14(10-8-13)12-18(2)16(19)15-6-4-5-11-17-15/h7-10,15,17H,3-6,11-12H2,1-2H3/t15-/m0/s1. The molecule has 1 aliphatic rings. The number of nitrogens with zero attached hydrogens (tertiary/aromatic N) is 1. The molecule has 1 aliphatic heterocycles. The summed E-state index contributed by atoms with van der Waals surface area (Å²) in [5, 5.41) is 3.31. The Hall–Kier alpha value is -1.35. The van der Waals surface area contributed by atoms with Gasteiger partial charge in [-0.1, -0.05) is 37.6 Å². The zero-order valence-corrected chi connectivity index (χ0v) is 12.0. The number of likely N-dealkylation sites (N-methyl/N-ethyl adjacent to an activating group) is 1. The summed E-state index contributed by atoms with van der Waals surface area (Å²) < 4.78 is 0. The Morgan fingerprint density at radius 2 is 1.95 bits per heavy atom. The third kappa shape index (κ3) is 3.80. The maximum Gasteiger partial charge on any atom is 0.239 e. The Kier molecular flexibility index (Phi) is 4.97. The third-order valence-electron chi connectivity index (χ3n) is 3.84. The smallest absolute Gasteiger partial charge is 0.239 e. The lowest BCUT2D eigenvalue weighted by Gasteiger charge is -2.27. The van der Waals surface area contributed by atoms with E-state index in [9.17, 15) is 4.79 Å². The number of hydrogen-bond acceptors (Lipinski definition) is 2. The molecule has 0 saturated carbocycles. The zero-order chi connectivity index (χ0) is 13.7. The number of aryl methyl sites for hydroxylation is 1. The maximum absolute atomic E-state index is 12.3. The molecule has 0 aromatic heterocycles. The van der Waals surface area contributed by atoms with Gasteiger partial charge in [0.25, 0.3) is 0 Å². The average molecular weight is 260 g/mol. The molecule has 0 bridgehead atoms. The SMILES string of the molecule is CCc1ccc(CN(C)C(=O)[C@@H]2CCCCN2)cc1. The van der Waals surface area contributed by atoms with E-state index < -0.39 is 0 Å². The summed E-state index contributed by atoms with van der Waals surface area (Å²) in [6.45, 7) is 3.82. The number of hydrogen-bond donors (Lipinski definition) is 1. The molecule has 104 valence electrons. The fourth-order valence-corrected chi connectivity index (χ4v) is 2.56. The third-order valence-corrected chi connectivity index (χ3v) is 3.84. The average Bonchev–Trinajstić information content (AvgIpc) is 2.48. The molecule has 3 heteroatoms. The minimum atomic E-state index is 0.0219. The van der Waals surface area contributed by atoms with Gasteiger partial charge in [0, 0.05) is 13.6 Å². The van der Waals surface area contributed by atoms with Gasteiger partial charge < -0.3 is 10.2 Å². The van der Waals surface area contributed by atoms with Crippen LogP contribution in [0.25, 0.3) is 0 Å². The maximum atomic E-state index is 12.3. The van der Waals surface area contributed by atoms with E-state index in [1.54, 1.807) is 0 Å². The first-order chi connectivity index (χ1) is 9.20. The monoisotopic (exact) mass is 260 g/mol. The van der Waals surface area contributed by atoms with Crippen LogP contribution in [0.15, 0.2) is 24.3 Å². The number of piperidine rings is 1. The van der Waals surface area contributed by atoms with Gasteiger partial charge in [0.15, 0.2) is 0 Å². The van der Waals surface area contributed by atoms with E-state index in [4.69, 9.17) is 0 Å². The van der Waals surface area contributed by atoms with E-state index in [1.165, 1.54) is 17.5 Å². The molecule has 1 fully saturated rings. The van der Waals surface area contributed by atoms with E-state index in [1.807, 2.05) is 11.9 Å². The van der Waals surface area contributed by atoms with Crippen LogP contribution in [0, 0.1) is 0 Å². The fourth-order valence-electron chi connectivity index (χ4n) is 2.56. The van der Waals surface area contributed by atoms with Crippen LogP contribution in [0.4, 0.5) is 0 Å². The normalized spacial score (nSPS) is 19.2. The molecule has 1 aromatic carbocycles. The minimum absolute atomic E-state index is 0.0219. The lowest BCUT2D eigenvalue weighted by atomic mass is 10.0. The summed E-state index contributed by atoms with van der Waals surface area (Å²) in [4.78, 5) is 14.1. The molecule has 1 N–H and O–H groups in total. The molecule has 1 atom stereocenters. The van der Waals surface area contributed by atoms with E-state index in [-0.39, 0.29) is 11.9 Å². The number of rotatable bonds is 4. The highest BCUT2D eigenvalue weighted by molar-refractivity contribution is 5.81.